The molecule has 0 heterocycles. The maximum atomic E-state index is 3.46. The monoisotopic (exact) mass is 250 g/mol. The molecule has 0 nitrogen and oxygen atoms in total. The maximum Gasteiger partial charge on any atom is 0.00470 e. The van der Waals surface area contributed by atoms with Gasteiger partial charge in [-0.2, -0.15) is 11.8 Å². The lowest BCUT2D eigenvalue weighted by Crippen LogP contribution is -1.95. The Morgan fingerprint density at radius 3 is 2.50 bits per heavy atom. The molecule has 2 heteroatoms. The van der Waals surface area contributed by atoms with Gasteiger partial charge >= 0.3 is 0 Å². The maximum absolute atomic E-state index is 3.46. The molecule has 0 aromatic heterocycles. The van der Waals surface area contributed by atoms with Gasteiger partial charge < -0.3 is 0 Å². The number of hydrogen-bond donors (Lipinski definition) is 0. The largest absolute Gasteiger partial charge is 0.159 e. The summed E-state index contributed by atoms with van der Waals surface area (Å²) in [7, 11) is 0. The second-order valence-electron chi connectivity index (χ2n) is 3.53. The molecule has 0 atom stereocenters. The Morgan fingerprint density at radius 2 is 1.83 bits per heavy atom. The molecular weight excluding hydrogens is 232 g/mol. The topological polar surface area (TPSA) is 0 Å². The van der Waals surface area contributed by atoms with E-state index in [1.165, 1.54) is 56.0 Å². The summed E-state index contributed by atoms with van der Waals surface area (Å²) in [5.41, 5.74) is 0. The van der Waals surface area contributed by atoms with Crippen molar-refractivity contribution in [2.75, 3.05) is 11.1 Å². The Hall–Kier alpha value is 0.830. The highest BCUT2D eigenvalue weighted by Gasteiger charge is 2.14. The van der Waals surface area contributed by atoms with E-state index in [-0.39, 0.29) is 0 Å². The standard InChI is InChI=1S/C10H19BrS/c11-8-4-1-5-9-12-10-6-2-3-7-10/h10H,1-9H2. The normalized spacial score (nSPS) is 18.8. The zero-order valence-corrected chi connectivity index (χ0v) is 10.1. The average Bonchev–Trinajstić information content (AvgIpc) is 2.57. The lowest BCUT2D eigenvalue weighted by molar-refractivity contribution is 0.785. The second-order valence-corrected chi connectivity index (χ2v) is 5.73. The Bertz CT molecular complexity index is 100. The van der Waals surface area contributed by atoms with Gasteiger partial charge in [0.15, 0.2) is 0 Å². The fourth-order valence-electron chi connectivity index (χ4n) is 1.68. The summed E-state index contributed by atoms with van der Waals surface area (Å²) in [6.07, 6.45) is 10.1. The summed E-state index contributed by atoms with van der Waals surface area (Å²) in [6.45, 7) is 0. The van der Waals surface area contributed by atoms with Crippen molar-refractivity contribution in [2.45, 2.75) is 50.2 Å². The lowest BCUT2D eigenvalue weighted by Gasteiger charge is -2.07. The molecule has 1 rings (SSSR count). The highest BCUT2D eigenvalue weighted by molar-refractivity contribution is 9.09. The van der Waals surface area contributed by atoms with Crippen LogP contribution in [0.2, 0.25) is 0 Å². The van der Waals surface area contributed by atoms with Crippen LogP contribution in [0.3, 0.4) is 0 Å². The SMILES string of the molecule is BrCCCCCSC1CCCC1. The molecule has 0 amide bonds. The predicted octanol–water partition coefficient (Wildman–Crippen LogP) is 4.23. The molecule has 0 aliphatic heterocycles. The molecular formula is C10H19BrS. The van der Waals surface area contributed by atoms with Gasteiger partial charge in [0.1, 0.15) is 0 Å². The molecule has 12 heavy (non-hydrogen) atoms. The van der Waals surface area contributed by atoms with Crippen molar-refractivity contribution in [3.05, 3.63) is 0 Å². The summed E-state index contributed by atoms with van der Waals surface area (Å²) in [6, 6.07) is 0. The van der Waals surface area contributed by atoms with E-state index in [1.54, 1.807) is 0 Å². The molecule has 0 unspecified atom stereocenters. The first kappa shape index (κ1) is 10.9. The third-order valence-corrected chi connectivity index (χ3v) is 4.46. The van der Waals surface area contributed by atoms with E-state index in [0.29, 0.717) is 0 Å². The fraction of sp³-hybridized carbons (Fsp3) is 1.00. The molecule has 1 saturated carbocycles. The Kier molecular flexibility index (Phi) is 6.59. The molecule has 1 fully saturated rings. The minimum Gasteiger partial charge on any atom is -0.159 e. The third-order valence-electron chi connectivity index (χ3n) is 2.43. The Labute approximate surface area is 89.0 Å². The zero-order chi connectivity index (χ0) is 8.65. The van der Waals surface area contributed by atoms with E-state index in [4.69, 9.17) is 0 Å². The van der Waals surface area contributed by atoms with Crippen molar-refractivity contribution >= 4 is 27.7 Å². The molecule has 0 spiro atoms. The number of alkyl halides is 1. The molecule has 0 aromatic rings. The van der Waals surface area contributed by atoms with E-state index in [2.05, 4.69) is 27.7 Å². The first-order chi connectivity index (χ1) is 5.93. The Morgan fingerprint density at radius 1 is 1.08 bits per heavy atom. The van der Waals surface area contributed by atoms with Crippen LogP contribution in [0.1, 0.15) is 44.9 Å². The summed E-state index contributed by atoms with van der Waals surface area (Å²) in [4.78, 5) is 0. The smallest absolute Gasteiger partial charge is 0.00470 e. The first-order valence-electron chi connectivity index (χ1n) is 5.11. The van der Waals surface area contributed by atoms with Crippen molar-refractivity contribution < 1.29 is 0 Å². The van der Waals surface area contributed by atoms with E-state index >= 15 is 0 Å². The predicted molar refractivity (Wildman–Crippen MR) is 62.4 cm³/mol. The minimum atomic E-state index is 1.02. The number of halogens is 1. The molecule has 0 N–H and O–H groups in total. The molecule has 72 valence electrons. The van der Waals surface area contributed by atoms with Crippen LogP contribution in [0.5, 0.6) is 0 Å². The van der Waals surface area contributed by atoms with Crippen molar-refractivity contribution in [2.24, 2.45) is 0 Å². The van der Waals surface area contributed by atoms with Gasteiger partial charge in [-0.1, -0.05) is 35.2 Å². The van der Waals surface area contributed by atoms with Crippen LogP contribution in [0.25, 0.3) is 0 Å². The van der Waals surface area contributed by atoms with Crippen LogP contribution >= 0.6 is 27.7 Å². The zero-order valence-electron chi connectivity index (χ0n) is 7.73. The van der Waals surface area contributed by atoms with Crippen LogP contribution in [-0.4, -0.2) is 16.3 Å². The highest BCUT2D eigenvalue weighted by atomic mass is 79.9. The van der Waals surface area contributed by atoms with Crippen molar-refractivity contribution in [1.29, 1.82) is 0 Å². The van der Waals surface area contributed by atoms with Gasteiger partial charge in [-0.15, -0.1) is 0 Å². The summed E-state index contributed by atoms with van der Waals surface area (Å²) < 4.78 is 0. The molecule has 0 saturated heterocycles. The van der Waals surface area contributed by atoms with E-state index in [0.717, 1.165) is 5.25 Å². The number of thioether (sulfide) groups is 1. The first-order valence-corrected chi connectivity index (χ1v) is 7.28. The molecule has 0 radical (unpaired) electrons. The van der Waals surface area contributed by atoms with Gasteiger partial charge in [-0.25, -0.2) is 0 Å². The van der Waals surface area contributed by atoms with Crippen molar-refractivity contribution in [3.63, 3.8) is 0 Å². The second kappa shape index (κ2) is 7.25. The summed E-state index contributed by atoms with van der Waals surface area (Å²) in [5.74, 6) is 1.40. The van der Waals surface area contributed by atoms with Gasteiger partial charge in [-0.3, -0.25) is 0 Å². The van der Waals surface area contributed by atoms with E-state index in [1.807, 2.05) is 0 Å². The highest BCUT2D eigenvalue weighted by Crippen LogP contribution is 2.29. The van der Waals surface area contributed by atoms with Crippen LogP contribution in [0.15, 0.2) is 0 Å². The van der Waals surface area contributed by atoms with Crippen LogP contribution in [0, 0.1) is 0 Å². The van der Waals surface area contributed by atoms with Gasteiger partial charge in [0.25, 0.3) is 0 Å². The summed E-state index contributed by atoms with van der Waals surface area (Å²) >= 11 is 5.68. The summed E-state index contributed by atoms with van der Waals surface area (Å²) in [5, 5.41) is 2.20. The van der Waals surface area contributed by atoms with Gasteiger partial charge in [-0.05, 0) is 31.4 Å². The minimum absolute atomic E-state index is 1.02. The molecule has 1 aliphatic carbocycles. The quantitative estimate of drug-likeness (QED) is 0.503. The number of rotatable bonds is 6. The molecule has 0 aromatic carbocycles. The van der Waals surface area contributed by atoms with E-state index in [9.17, 15) is 0 Å². The number of unbranched alkanes of at least 4 members (excludes halogenated alkanes) is 2. The van der Waals surface area contributed by atoms with Gasteiger partial charge in [0.2, 0.25) is 0 Å². The molecule has 1 aliphatic rings. The lowest BCUT2D eigenvalue weighted by atomic mass is 10.3. The molecule has 0 bridgehead atoms. The van der Waals surface area contributed by atoms with Gasteiger partial charge in [0.05, 0.1) is 0 Å². The van der Waals surface area contributed by atoms with E-state index < -0.39 is 0 Å². The average molecular weight is 251 g/mol. The van der Waals surface area contributed by atoms with Crippen molar-refractivity contribution in [1.82, 2.24) is 0 Å². The fourth-order valence-corrected chi connectivity index (χ4v) is 3.45. The van der Waals surface area contributed by atoms with Crippen LogP contribution in [-0.2, 0) is 0 Å². The van der Waals surface area contributed by atoms with Crippen LogP contribution in [0.4, 0.5) is 0 Å². The third kappa shape index (κ3) is 4.76. The Balaban J connectivity index is 1.81. The van der Waals surface area contributed by atoms with Crippen LogP contribution < -0.4 is 0 Å². The van der Waals surface area contributed by atoms with Gasteiger partial charge in [0, 0.05) is 10.6 Å². The number of hydrogen-bond acceptors (Lipinski definition) is 1. The van der Waals surface area contributed by atoms with Crippen molar-refractivity contribution in [3.8, 4) is 0 Å².